The summed E-state index contributed by atoms with van der Waals surface area (Å²) in [6, 6.07) is 16.9. The predicted molar refractivity (Wildman–Crippen MR) is 136 cm³/mol. The van der Waals surface area contributed by atoms with Crippen LogP contribution in [0.15, 0.2) is 60.4 Å². The Morgan fingerprint density at radius 1 is 1.03 bits per heavy atom. The van der Waals surface area contributed by atoms with Crippen LogP contribution in [0.25, 0.3) is 0 Å². The van der Waals surface area contributed by atoms with E-state index in [-0.39, 0.29) is 23.0 Å². The number of allylic oxidation sites excluding steroid dienone is 2. The van der Waals surface area contributed by atoms with E-state index in [1.807, 2.05) is 25.1 Å². The van der Waals surface area contributed by atoms with Crippen LogP contribution in [-0.4, -0.2) is 12.9 Å². The lowest BCUT2D eigenvalue weighted by Crippen LogP contribution is -2.25. The van der Waals surface area contributed by atoms with Crippen molar-refractivity contribution in [2.45, 2.75) is 84.2 Å². The molecule has 1 aliphatic rings. The number of rotatable bonds is 11. The molecule has 33 heavy (non-hydrogen) atoms. The summed E-state index contributed by atoms with van der Waals surface area (Å²) in [6.45, 7) is 9.43. The monoisotopic (exact) mass is 448 g/mol. The highest BCUT2D eigenvalue weighted by Gasteiger charge is 2.33. The van der Waals surface area contributed by atoms with Crippen molar-refractivity contribution < 1.29 is 14.3 Å². The van der Waals surface area contributed by atoms with Crippen LogP contribution >= 0.6 is 0 Å². The van der Waals surface area contributed by atoms with Gasteiger partial charge in [-0.1, -0.05) is 95.8 Å². The molecule has 0 aliphatic heterocycles. The molecule has 2 aromatic rings. The van der Waals surface area contributed by atoms with Crippen LogP contribution in [0.3, 0.4) is 0 Å². The van der Waals surface area contributed by atoms with E-state index in [2.05, 4.69) is 51.1 Å². The summed E-state index contributed by atoms with van der Waals surface area (Å²) in [5.41, 5.74) is 3.60. The van der Waals surface area contributed by atoms with Crippen molar-refractivity contribution in [1.82, 2.24) is 0 Å². The lowest BCUT2D eigenvalue weighted by atomic mass is 9.75. The van der Waals surface area contributed by atoms with E-state index < -0.39 is 0 Å². The van der Waals surface area contributed by atoms with E-state index in [0.717, 1.165) is 29.1 Å². The van der Waals surface area contributed by atoms with Crippen molar-refractivity contribution in [3.8, 4) is 5.75 Å². The largest absolute Gasteiger partial charge is 0.501 e. The van der Waals surface area contributed by atoms with Crippen molar-refractivity contribution in [3.05, 3.63) is 77.1 Å². The zero-order valence-electron chi connectivity index (χ0n) is 21.0. The summed E-state index contributed by atoms with van der Waals surface area (Å²) < 4.78 is 11.9. The number of hydrogen-bond donors (Lipinski definition) is 0. The van der Waals surface area contributed by atoms with Gasteiger partial charge in [0.1, 0.15) is 12.4 Å². The van der Waals surface area contributed by atoms with Crippen molar-refractivity contribution in [2.24, 2.45) is 5.92 Å². The molecule has 3 rings (SSSR count). The highest BCUT2D eigenvalue weighted by atomic mass is 16.5. The van der Waals surface area contributed by atoms with E-state index in [9.17, 15) is 4.79 Å². The second-order valence-corrected chi connectivity index (χ2v) is 10.0. The van der Waals surface area contributed by atoms with Crippen LogP contribution in [0.1, 0.15) is 88.8 Å². The molecular formula is C30H40O3. The van der Waals surface area contributed by atoms with Gasteiger partial charge in [0.05, 0.1) is 12.9 Å². The van der Waals surface area contributed by atoms with Crippen molar-refractivity contribution >= 4 is 5.78 Å². The first-order chi connectivity index (χ1) is 15.9. The Balaban J connectivity index is 1.91. The molecule has 0 amide bonds. The average molecular weight is 449 g/mol. The fraction of sp³-hybridized carbons (Fsp3) is 0.500. The van der Waals surface area contributed by atoms with Gasteiger partial charge in [-0.2, -0.15) is 0 Å². The molecule has 0 bridgehead atoms. The summed E-state index contributed by atoms with van der Waals surface area (Å²) in [5.74, 6) is 1.70. The number of unbranched alkanes of at least 4 members (excludes halogenated alkanes) is 3. The zero-order chi connectivity index (χ0) is 23.8. The molecule has 0 saturated carbocycles. The molecule has 3 nitrogen and oxygen atoms in total. The van der Waals surface area contributed by atoms with Gasteiger partial charge in [-0.3, -0.25) is 4.79 Å². The second kappa shape index (κ2) is 11.5. The maximum Gasteiger partial charge on any atom is 0.162 e. The molecular weight excluding hydrogens is 408 g/mol. The van der Waals surface area contributed by atoms with Crippen LogP contribution in [0.2, 0.25) is 0 Å². The molecule has 0 aromatic heterocycles. The number of ketones is 1. The number of carbonyl (C=O) groups is 1. The molecule has 0 spiro atoms. The molecule has 178 valence electrons. The van der Waals surface area contributed by atoms with Gasteiger partial charge in [-0.25, -0.2) is 0 Å². The van der Waals surface area contributed by atoms with E-state index in [1.165, 1.54) is 31.2 Å². The highest BCUT2D eigenvalue weighted by molar-refractivity contribution is 5.93. The highest BCUT2D eigenvalue weighted by Crippen LogP contribution is 2.42. The van der Waals surface area contributed by atoms with Gasteiger partial charge >= 0.3 is 0 Å². The molecule has 2 unspecified atom stereocenters. The molecule has 2 atom stereocenters. The maximum atomic E-state index is 12.6. The molecule has 0 heterocycles. The smallest absolute Gasteiger partial charge is 0.162 e. The Hall–Kier alpha value is -2.55. The Bertz CT molecular complexity index is 942. The zero-order valence-corrected chi connectivity index (χ0v) is 21.0. The number of methoxy groups -OCH3 is 1. The van der Waals surface area contributed by atoms with Crippen LogP contribution < -0.4 is 4.74 Å². The number of ether oxygens (including phenoxy) is 2. The van der Waals surface area contributed by atoms with Gasteiger partial charge in [-0.05, 0) is 34.6 Å². The quantitative estimate of drug-likeness (QED) is 0.330. The maximum absolute atomic E-state index is 12.6. The number of carbonyl (C=O) groups excluding carboxylic acids is 1. The molecule has 0 fully saturated rings. The lowest BCUT2D eigenvalue weighted by Gasteiger charge is -2.31. The Kier molecular flexibility index (Phi) is 8.77. The van der Waals surface area contributed by atoms with Crippen molar-refractivity contribution in [2.75, 3.05) is 7.11 Å². The van der Waals surface area contributed by atoms with Crippen LogP contribution in [0.4, 0.5) is 0 Å². The number of benzene rings is 2. The normalized spacial score (nSPS) is 18.7. The molecule has 1 aliphatic carbocycles. The average Bonchev–Trinajstić information content (AvgIpc) is 2.82. The van der Waals surface area contributed by atoms with Gasteiger partial charge in [0, 0.05) is 24.3 Å². The van der Waals surface area contributed by atoms with E-state index >= 15 is 0 Å². The third-order valence-corrected chi connectivity index (χ3v) is 7.13. The summed E-state index contributed by atoms with van der Waals surface area (Å²) >= 11 is 0. The molecule has 3 heteroatoms. The Labute approximate surface area is 200 Å². The minimum Gasteiger partial charge on any atom is -0.501 e. The summed E-state index contributed by atoms with van der Waals surface area (Å²) in [6.07, 6.45) is 8.58. The third kappa shape index (κ3) is 6.50. The minimum absolute atomic E-state index is 0.0462. The van der Waals surface area contributed by atoms with Gasteiger partial charge in [0.2, 0.25) is 0 Å². The van der Waals surface area contributed by atoms with Crippen molar-refractivity contribution in [1.29, 1.82) is 0 Å². The summed E-state index contributed by atoms with van der Waals surface area (Å²) in [4.78, 5) is 12.6. The van der Waals surface area contributed by atoms with Gasteiger partial charge in [-0.15, -0.1) is 0 Å². The SMILES string of the molecule is CCCCCCC(C)(C)c1ccc(C2CC(OC)=CC(=O)C2C)c(OCc2ccccc2)c1. The molecule has 2 aromatic carbocycles. The van der Waals surface area contributed by atoms with E-state index in [4.69, 9.17) is 9.47 Å². The number of hydrogen-bond acceptors (Lipinski definition) is 3. The van der Waals surface area contributed by atoms with Crippen LogP contribution in [0.5, 0.6) is 5.75 Å². The fourth-order valence-electron chi connectivity index (χ4n) is 4.72. The van der Waals surface area contributed by atoms with Crippen LogP contribution in [-0.2, 0) is 21.6 Å². The minimum atomic E-state index is -0.101. The topological polar surface area (TPSA) is 35.5 Å². The van der Waals surface area contributed by atoms with Gasteiger partial charge in [0.15, 0.2) is 5.78 Å². The fourth-order valence-corrected chi connectivity index (χ4v) is 4.72. The van der Waals surface area contributed by atoms with E-state index in [1.54, 1.807) is 13.2 Å². The first-order valence-corrected chi connectivity index (χ1v) is 12.4. The van der Waals surface area contributed by atoms with E-state index in [0.29, 0.717) is 13.0 Å². The molecule has 0 radical (unpaired) electrons. The predicted octanol–water partition coefficient (Wildman–Crippen LogP) is 7.74. The Morgan fingerprint density at radius 3 is 2.48 bits per heavy atom. The van der Waals surface area contributed by atoms with Gasteiger partial charge < -0.3 is 9.47 Å². The first-order valence-electron chi connectivity index (χ1n) is 12.4. The summed E-state index contributed by atoms with van der Waals surface area (Å²) in [5, 5.41) is 0. The second-order valence-electron chi connectivity index (χ2n) is 10.0. The van der Waals surface area contributed by atoms with Gasteiger partial charge in [0.25, 0.3) is 0 Å². The van der Waals surface area contributed by atoms with Crippen LogP contribution in [0, 0.1) is 5.92 Å². The summed E-state index contributed by atoms with van der Waals surface area (Å²) in [7, 11) is 1.64. The first kappa shape index (κ1) is 25.1. The van der Waals surface area contributed by atoms with Crippen molar-refractivity contribution in [3.63, 3.8) is 0 Å². The third-order valence-electron chi connectivity index (χ3n) is 7.13. The molecule has 0 N–H and O–H groups in total. The Morgan fingerprint density at radius 2 is 1.79 bits per heavy atom. The lowest BCUT2D eigenvalue weighted by molar-refractivity contribution is -0.119. The standard InChI is InChI=1S/C30H40O3/c1-6-7-8-12-17-30(3,4)24-15-16-26(27-19-25(32-5)20-28(31)22(27)2)29(18-24)33-21-23-13-10-9-11-14-23/h9-11,13-16,18,20,22,27H,6-8,12,17,19,21H2,1-5H3. The molecule has 0 saturated heterocycles.